The number of ketones is 1. The van der Waals surface area contributed by atoms with Crippen LogP contribution in [0, 0.1) is 6.92 Å². The minimum absolute atomic E-state index is 0.178. The number of carbonyl (C=O) groups is 2. The highest BCUT2D eigenvalue weighted by atomic mass is 16.2. The molecule has 0 aliphatic carbocycles. The number of carbonyl (C=O) groups excluding carboxylic acids is 2. The van der Waals surface area contributed by atoms with Crippen molar-refractivity contribution >= 4 is 17.5 Å². The standard InChI is InChI=1S/C16H20N4O2/c1-10(2)20(16(17)22)13-11(3)18-19(4)14(13)15(21)12-8-6-5-7-9-12/h5-10H,1-4H3,(H2,17,22). The Kier molecular flexibility index (Phi) is 4.30. The first-order valence-electron chi connectivity index (χ1n) is 7.06. The molecule has 1 heterocycles. The van der Waals surface area contributed by atoms with E-state index in [1.54, 1.807) is 38.2 Å². The van der Waals surface area contributed by atoms with Crippen molar-refractivity contribution in [2.45, 2.75) is 26.8 Å². The van der Waals surface area contributed by atoms with E-state index in [0.29, 0.717) is 22.6 Å². The molecule has 22 heavy (non-hydrogen) atoms. The summed E-state index contributed by atoms with van der Waals surface area (Å²) in [6.45, 7) is 5.44. The molecule has 0 aliphatic rings. The van der Waals surface area contributed by atoms with E-state index in [-0.39, 0.29) is 11.8 Å². The van der Waals surface area contributed by atoms with Gasteiger partial charge in [0, 0.05) is 18.7 Å². The fourth-order valence-electron chi connectivity index (χ4n) is 2.54. The molecule has 2 amide bonds. The van der Waals surface area contributed by atoms with Crippen molar-refractivity contribution < 1.29 is 9.59 Å². The molecule has 0 saturated carbocycles. The minimum Gasteiger partial charge on any atom is -0.351 e. The van der Waals surface area contributed by atoms with Gasteiger partial charge in [0.1, 0.15) is 5.69 Å². The summed E-state index contributed by atoms with van der Waals surface area (Å²) < 4.78 is 1.50. The molecule has 0 aliphatic heterocycles. The number of nitrogens with two attached hydrogens (primary N) is 1. The van der Waals surface area contributed by atoms with Gasteiger partial charge in [-0.3, -0.25) is 14.4 Å². The van der Waals surface area contributed by atoms with Crippen molar-refractivity contribution in [3.05, 3.63) is 47.3 Å². The molecule has 2 N–H and O–H groups in total. The minimum atomic E-state index is -0.604. The van der Waals surface area contributed by atoms with Crippen molar-refractivity contribution in [1.29, 1.82) is 0 Å². The lowest BCUT2D eigenvalue weighted by atomic mass is 10.1. The third kappa shape index (κ3) is 2.72. The Morgan fingerprint density at radius 2 is 1.82 bits per heavy atom. The van der Waals surface area contributed by atoms with Gasteiger partial charge in [-0.05, 0) is 20.8 Å². The number of aryl methyl sites for hydroxylation is 2. The molecule has 0 saturated heterocycles. The number of rotatable bonds is 4. The highest BCUT2D eigenvalue weighted by molar-refractivity contribution is 6.13. The van der Waals surface area contributed by atoms with Crippen LogP contribution < -0.4 is 10.6 Å². The van der Waals surface area contributed by atoms with Crippen molar-refractivity contribution in [3.63, 3.8) is 0 Å². The van der Waals surface area contributed by atoms with Gasteiger partial charge in [0.25, 0.3) is 0 Å². The summed E-state index contributed by atoms with van der Waals surface area (Å²) in [5.41, 5.74) is 7.46. The lowest BCUT2D eigenvalue weighted by molar-refractivity contribution is 0.103. The number of urea groups is 1. The second-order valence-electron chi connectivity index (χ2n) is 5.40. The zero-order valence-corrected chi connectivity index (χ0v) is 13.2. The number of hydrogen-bond donors (Lipinski definition) is 1. The number of nitrogens with zero attached hydrogens (tertiary/aromatic N) is 3. The number of benzene rings is 1. The first-order valence-corrected chi connectivity index (χ1v) is 7.06. The van der Waals surface area contributed by atoms with Crippen molar-refractivity contribution in [3.8, 4) is 0 Å². The van der Waals surface area contributed by atoms with Gasteiger partial charge in [-0.15, -0.1) is 0 Å². The summed E-state index contributed by atoms with van der Waals surface area (Å²) in [5.74, 6) is -0.189. The molecule has 2 rings (SSSR count). The van der Waals surface area contributed by atoms with Crippen molar-refractivity contribution in [2.24, 2.45) is 12.8 Å². The Morgan fingerprint density at radius 3 is 2.32 bits per heavy atom. The average Bonchev–Trinajstić information content (AvgIpc) is 2.73. The summed E-state index contributed by atoms with van der Waals surface area (Å²) in [5, 5.41) is 4.29. The fourth-order valence-corrected chi connectivity index (χ4v) is 2.54. The van der Waals surface area contributed by atoms with Gasteiger partial charge in [-0.25, -0.2) is 4.79 Å². The van der Waals surface area contributed by atoms with E-state index in [9.17, 15) is 9.59 Å². The lowest BCUT2D eigenvalue weighted by Crippen LogP contribution is -2.42. The average molecular weight is 300 g/mol. The lowest BCUT2D eigenvalue weighted by Gasteiger charge is -2.25. The quantitative estimate of drug-likeness (QED) is 0.879. The molecule has 0 spiro atoms. The largest absolute Gasteiger partial charge is 0.351 e. The molecule has 0 fully saturated rings. The first kappa shape index (κ1) is 15.8. The monoisotopic (exact) mass is 300 g/mol. The Morgan fingerprint density at radius 1 is 1.23 bits per heavy atom. The van der Waals surface area contributed by atoms with E-state index in [2.05, 4.69) is 5.10 Å². The third-order valence-electron chi connectivity index (χ3n) is 3.44. The van der Waals surface area contributed by atoms with Gasteiger partial charge < -0.3 is 5.73 Å². The van der Waals surface area contributed by atoms with E-state index in [1.165, 1.54) is 9.58 Å². The molecular formula is C16H20N4O2. The van der Waals surface area contributed by atoms with Crippen LogP contribution in [0.5, 0.6) is 0 Å². The molecule has 6 heteroatoms. The maximum absolute atomic E-state index is 12.8. The molecule has 116 valence electrons. The number of anilines is 1. The molecule has 0 radical (unpaired) electrons. The molecule has 2 aromatic rings. The van der Waals surface area contributed by atoms with Crippen LogP contribution in [-0.2, 0) is 7.05 Å². The van der Waals surface area contributed by atoms with Gasteiger partial charge in [-0.2, -0.15) is 5.10 Å². The molecule has 6 nitrogen and oxygen atoms in total. The predicted molar refractivity (Wildman–Crippen MR) is 85.0 cm³/mol. The predicted octanol–water partition coefficient (Wildman–Crippen LogP) is 2.25. The van der Waals surface area contributed by atoms with E-state index in [0.717, 1.165) is 0 Å². The van der Waals surface area contributed by atoms with Crippen LogP contribution in [0.25, 0.3) is 0 Å². The summed E-state index contributed by atoms with van der Waals surface area (Å²) >= 11 is 0. The van der Waals surface area contributed by atoms with Gasteiger partial charge in [-0.1, -0.05) is 30.3 Å². The van der Waals surface area contributed by atoms with E-state index >= 15 is 0 Å². The molecular weight excluding hydrogens is 280 g/mol. The SMILES string of the molecule is Cc1nn(C)c(C(=O)c2ccccc2)c1N(C(N)=O)C(C)C. The number of primary amides is 1. The number of amides is 2. The summed E-state index contributed by atoms with van der Waals surface area (Å²) in [6.07, 6.45) is 0. The van der Waals surface area contributed by atoms with E-state index in [1.807, 2.05) is 19.9 Å². The highest BCUT2D eigenvalue weighted by Gasteiger charge is 2.29. The zero-order chi connectivity index (χ0) is 16.4. The van der Waals surface area contributed by atoms with Crippen molar-refractivity contribution in [2.75, 3.05) is 4.90 Å². The third-order valence-corrected chi connectivity index (χ3v) is 3.44. The normalized spacial score (nSPS) is 10.8. The van der Waals surface area contributed by atoms with Gasteiger partial charge in [0.15, 0.2) is 0 Å². The van der Waals surface area contributed by atoms with Crippen LogP contribution in [0.3, 0.4) is 0 Å². The van der Waals surface area contributed by atoms with Gasteiger partial charge >= 0.3 is 6.03 Å². The Hall–Kier alpha value is -2.63. The summed E-state index contributed by atoms with van der Waals surface area (Å²) in [4.78, 5) is 26.0. The highest BCUT2D eigenvalue weighted by Crippen LogP contribution is 2.28. The Bertz CT molecular complexity index is 704. The number of aromatic nitrogens is 2. The molecule has 0 atom stereocenters. The van der Waals surface area contributed by atoms with Crippen molar-refractivity contribution in [1.82, 2.24) is 9.78 Å². The molecule has 1 aromatic heterocycles. The number of hydrogen-bond acceptors (Lipinski definition) is 3. The Balaban J connectivity index is 2.62. The fraction of sp³-hybridized carbons (Fsp3) is 0.312. The van der Waals surface area contributed by atoms with E-state index < -0.39 is 6.03 Å². The van der Waals surface area contributed by atoms with Crippen LogP contribution in [0.1, 0.15) is 35.6 Å². The van der Waals surface area contributed by atoms with E-state index in [4.69, 9.17) is 5.73 Å². The van der Waals surface area contributed by atoms with Gasteiger partial charge in [0.2, 0.25) is 5.78 Å². The summed E-state index contributed by atoms with van der Waals surface area (Å²) in [7, 11) is 1.69. The van der Waals surface area contributed by atoms with Crippen LogP contribution in [0.15, 0.2) is 30.3 Å². The van der Waals surface area contributed by atoms with Crippen LogP contribution >= 0.6 is 0 Å². The molecule has 0 unspecified atom stereocenters. The van der Waals surface area contributed by atoms with Crippen LogP contribution in [-0.4, -0.2) is 27.6 Å². The molecule has 1 aromatic carbocycles. The Labute approximate surface area is 129 Å². The summed E-state index contributed by atoms with van der Waals surface area (Å²) in [6, 6.07) is 8.12. The maximum atomic E-state index is 12.8. The maximum Gasteiger partial charge on any atom is 0.319 e. The zero-order valence-electron chi connectivity index (χ0n) is 13.2. The second-order valence-corrected chi connectivity index (χ2v) is 5.40. The topological polar surface area (TPSA) is 81.2 Å². The van der Waals surface area contributed by atoms with Gasteiger partial charge in [0.05, 0.1) is 11.4 Å². The van der Waals surface area contributed by atoms with Crippen LogP contribution in [0.4, 0.5) is 10.5 Å². The van der Waals surface area contributed by atoms with Crippen LogP contribution in [0.2, 0.25) is 0 Å². The second kappa shape index (κ2) is 6.01. The molecule has 0 bridgehead atoms. The first-order chi connectivity index (χ1) is 10.3. The smallest absolute Gasteiger partial charge is 0.319 e.